The Balaban J connectivity index is 1.34. The zero-order chi connectivity index (χ0) is 29.2. The van der Waals surface area contributed by atoms with Gasteiger partial charge in [-0.1, -0.05) is 60.5 Å². The first-order valence-corrected chi connectivity index (χ1v) is 14.5. The standard InChI is InChI=1S/C31H29Cl2FN8/c1-2-41-15-19(16-41)17-42-18-28(39-40-42)30(20-6-4-3-5-7-20)38-23-10-24-29(37-22-8-9-27(34)25(32)11-22)21(13-35)14-36-31(24)26(33)12-23/h3-12,14,18-19,30,38-40H,2,15-17H2,1H3,(H,36,37)/t30-/m0/s1. The van der Waals surface area contributed by atoms with Crippen LogP contribution in [-0.4, -0.2) is 41.1 Å². The van der Waals surface area contributed by atoms with Gasteiger partial charge >= 0.3 is 0 Å². The Morgan fingerprint density at radius 1 is 1.10 bits per heavy atom. The number of aromatic nitrogens is 1. The van der Waals surface area contributed by atoms with Crippen LogP contribution in [0.4, 0.5) is 21.5 Å². The van der Waals surface area contributed by atoms with Crippen LogP contribution in [-0.2, 0) is 0 Å². The zero-order valence-electron chi connectivity index (χ0n) is 22.8. The van der Waals surface area contributed by atoms with E-state index in [9.17, 15) is 9.65 Å². The summed E-state index contributed by atoms with van der Waals surface area (Å²) in [7, 11) is 0. The van der Waals surface area contributed by atoms with Crippen LogP contribution in [0, 0.1) is 23.1 Å². The maximum absolute atomic E-state index is 13.8. The number of fused-ring (bicyclic) bond motifs is 1. The average molecular weight is 604 g/mol. The first-order chi connectivity index (χ1) is 20.4. The summed E-state index contributed by atoms with van der Waals surface area (Å²) in [6.45, 7) is 6.38. The van der Waals surface area contributed by atoms with E-state index in [0.717, 1.165) is 43.1 Å². The summed E-state index contributed by atoms with van der Waals surface area (Å²) in [6.07, 6.45) is 3.57. The summed E-state index contributed by atoms with van der Waals surface area (Å²) in [4.78, 5) is 6.88. The minimum absolute atomic E-state index is 0.0250. The molecule has 1 fully saturated rings. The van der Waals surface area contributed by atoms with Gasteiger partial charge in [-0.05, 0) is 42.4 Å². The summed E-state index contributed by atoms with van der Waals surface area (Å²) in [5.41, 5.74) is 11.2. The van der Waals surface area contributed by atoms with Gasteiger partial charge < -0.3 is 21.0 Å². The molecule has 0 bridgehead atoms. The predicted molar refractivity (Wildman–Crippen MR) is 166 cm³/mol. The molecule has 0 saturated carbocycles. The van der Waals surface area contributed by atoms with Gasteiger partial charge in [-0.25, -0.2) is 4.39 Å². The molecular weight excluding hydrogens is 574 g/mol. The number of nitrogens with zero attached hydrogens (tertiary/aromatic N) is 4. The van der Waals surface area contributed by atoms with E-state index in [1.807, 2.05) is 30.3 Å². The van der Waals surface area contributed by atoms with Crippen molar-refractivity contribution < 1.29 is 4.39 Å². The summed E-state index contributed by atoms with van der Waals surface area (Å²) in [5.74, 6) is 0.0864. The number of likely N-dealkylation sites (tertiary alicyclic amines) is 1. The van der Waals surface area contributed by atoms with Gasteiger partial charge in [0, 0.05) is 54.7 Å². The van der Waals surface area contributed by atoms with E-state index >= 15 is 0 Å². The van der Waals surface area contributed by atoms with E-state index in [-0.39, 0.29) is 11.1 Å². The molecule has 3 aromatic carbocycles. The van der Waals surface area contributed by atoms with E-state index in [2.05, 4.69) is 67.8 Å². The zero-order valence-corrected chi connectivity index (χ0v) is 24.3. The van der Waals surface area contributed by atoms with Crippen LogP contribution in [0.2, 0.25) is 10.0 Å². The van der Waals surface area contributed by atoms with Crippen molar-refractivity contribution in [1.29, 1.82) is 5.26 Å². The summed E-state index contributed by atoms with van der Waals surface area (Å²) < 4.78 is 13.8. The van der Waals surface area contributed by atoms with Crippen LogP contribution in [0.25, 0.3) is 10.9 Å². The van der Waals surface area contributed by atoms with E-state index in [1.165, 1.54) is 18.3 Å². The van der Waals surface area contributed by atoms with Crippen molar-refractivity contribution >= 4 is 51.2 Å². The molecule has 2 aliphatic rings. The van der Waals surface area contributed by atoms with Gasteiger partial charge in [0.25, 0.3) is 0 Å². The van der Waals surface area contributed by atoms with Crippen molar-refractivity contribution in [2.24, 2.45) is 5.92 Å². The van der Waals surface area contributed by atoms with Gasteiger partial charge in [0.15, 0.2) is 0 Å². The summed E-state index contributed by atoms with van der Waals surface area (Å²) >= 11 is 12.8. The van der Waals surface area contributed by atoms with Crippen LogP contribution in [0.3, 0.4) is 0 Å². The molecule has 0 spiro atoms. The lowest BCUT2D eigenvalue weighted by Crippen LogP contribution is -2.52. The third-order valence-electron chi connectivity index (χ3n) is 7.56. The van der Waals surface area contributed by atoms with Crippen molar-refractivity contribution in [2.75, 3.05) is 36.8 Å². The van der Waals surface area contributed by atoms with Crippen molar-refractivity contribution in [2.45, 2.75) is 13.0 Å². The molecule has 0 unspecified atom stereocenters. The Hall–Kier alpha value is -4.07. The fourth-order valence-corrected chi connectivity index (χ4v) is 5.82. The van der Waals surface area contributed by atoms with E-state index in [0.29, 0.717) is 38.8 Å². The van der Waals surface area contributed by atoms with Crippen molar-refractivity contribution in [3.8, 4) is 6.07 Å². The Bertz CT molecular complexity index is 1680. The Morgan fingerprint density at radius 3 is 2.62 bits per heavy atom. The monoisotopic (exact) mass is 602 g/mol. The lowest BCUT2D eigenvalue weighted by atomic mass is 10.00. The van der Waals surface area contributed by atoms with Crippen molar-refractivity contribution in [3.63, 3.8) is 0 Å². The highest BCUT2D eigenvalue weighted by Gasteiger charge is 2.29. The fraction of sp³-hybridized carbons (Fsp3) is 0.226. The molecule has 0 aliphatic carbocycles. The maximum atomic E-state index is 13.8. The molecule has 1 atom stereocenters. The molecule has 11 heteroatoms. The molecule has 1 aromatic heterocycles. The Morgan fingerprint density at radius 2 is 1.88 bits per heavy atom. The van der Waals surface area contributed by atoms with Crippen LogP contribution < -0.4 is 21.6 Å². The Kier molecular flexibility index (Phi) is 8.05. The molecule has 3 heterocycles. The van der Waals surface area contributed by atoms with Crippen LogP contribution >= 0.6 is 23.2 Å². The number of anilines is 3. The molecule has 42 heavy (non-hydrogen) atoms. The lowest BCUT2D eigenvalue weighted by Gasteiger charge is -2.40. The van der Waals surface area contributed by atoms with Gasteiger partial charge in [0.1, 0.15) is 11.9 Å². The molecule has 6 rings (SSSR count). The third-order valence-corrected chi connectivity index (χ3v) is 8.14. The number of hydrogen-bond acceptors (Lipinski definition) is 8. The number of rotatable bonds is 9. The van der Waals surface area contributed by atoms with Gasteiger partial charge in [0.2, 0.25) is 0 Å². The topological polar surface area (TPSA) is 91.3 Å². The maximum Gasteiger partial charge on any atom is 0.141 e. The second-order valence-electron chi connectivity index (χ2n) is 10.4. The lowest BCUT2D eigenvalue weighted by molar-refractivity contribution is 0.0726. The van der Waals surface area contributed by atoms with Crippen molar-refractivity contribution in [3.05, 3.63) is 106 Å². The first kappa shape index (κ1) is 28.1. The highest BCUT2D eigenvalue weighted by molar-refractivity contribution is 6.36. The van der Waals surface area contributed by atoms with Crippen LogP contribution in [0.15, 0.2) is 78.8 Å². The predicted octanol–water partition coefficient (Wildman–Crippen LogP) is 6.57. The molecular formula is C31H29Cl2FN8. The normalized spacial score (nSPS) is 16.0. The molecule has 4 aromatic rings. The quantitative estimate of drug-likeness (QED) is 0.171. The number of pyridine rings is 1. The molecule has 4 N–H and O–H groups in total. The molecule has 214 valence electrons. The first-order valence-electron chi connectivity index (χ1n) is 13.7. The molecule has 0 radical (unpaired) electrons. The molecule has 2 aliphatic heterocycles. The molecule has 8 nitrogen and oxygen atoms in total. The van der Waals surface area contributed by atoms with Crippen LogP contribution in [0.5, 0.6) is 0 Å². The van der Waals surface area contributed by atoms with Gasteiger partial charge in [-0.2, -0.15) is 5.26 Å². The summed E-state index contributed by atoms with van der Waals surface area (Å²) in [5, 5.41) is 19.9. The number of hydrogen-bond donors (Lipinski definition) is 4. The molecule has 0 amide bonds. The Labute approximate surface area is 253 Å². The second-order valence-corrected chi connectivity index (χ2v) is 11.3. The highest BCUT2D eigenvalue weighted by atomic mass is 35.5. The third kappa shape index (κ3) is 5.80. The molecule has 1 saturated heterocycles. The number of nitrogens with one attached hydrogen (secondary N) is 4. The second kappa shape index (κ2) is 12.0. The number of benzene rings is 3. The number of hydrazine groups is 2. The van der Waals surface area contributed by atoms with Gasteiger partial charge in [0.05, 0.1) is 38.6 Å². The van der Waals surface area contributed by atoms with E-state index < -0.39 is 5.82 Å². The highest BCUT2D eigenvalue weighted by Crippen LogP contribution is 2.37. The minimum Gasteiger partial charge on any atom is -0.373 e. The SMILES string of the molecule is CCN1CC(CN2C=C([C@@H](Nc3cc(Cl)c4ncc(C#N)c(Nc5ccc(F)c(Cl)c5)c4c3)c3ccccc3)NN2)C1. The number of nitriles is 1. The number of halogens is 3. The average Bonchev–Trinajstić information content (AvgIpc) is 3.44. The van der Waals surface area contributed by atoms with Crippen molar-refractivity contribution in [1.82, 2.24) is 25.9 Å². The minimum atomic E-state index is -0.526. The van der Waals surface area contributed by atoms with Crippen LogP contribution in [0.1, 0.15) is 24.1 Å². The van der Waals surface area contributed by atoms with Gasteiger partial charge in [-0.15, -0.1) is 5.53 Å². The van der Waals surface area contributed by atoms with E-state index in [1.54, 1.807) is 6.07 Å². The summed E-state index contributed by atoms with van der Waals surface area (Å²) in [6, 6.07) is 20.1. The smallest absolute Gasteiger partial charge is 0.141 e. The van der Waals surface area contributed by atoms with E-state index in [4.69, 9.17) is 23.2 Å². The largest absolute Gasteiger partial charge is 0.373 e. The van der Waals surface area contributed by atoms with Gasteiger partial charge in [-0.3, -0.25) is 9.99 Å². The fourth-order valence-electron chi connectivity index (χ4n) is 5.38.